The molecule has 1 aliphatic rings. The summed E-state index contributed by atoms with van der Waals surface area (Å²) >= 11 is 1.27. The number of urea groups is 1. The van der Waals surface area contributed by atoms with Gasteiger partial charge in [0.25, 0.3) is 0 Å². The molecule has 0 spiro atoms. The van der Waals surface area contributed by atoms with E-state index in [1.165, 1.54) is 28.4 Å². The zero-order valence-corrected chi connectivity index (χ0v) is 14.9. The third kappa shape index (κ3) is 4.05. The van der Waals surface area contributed by atoms with Crippen molar-refractivity contribution in [1.29, 1.82) is 0 Å². The molecule has 7 nitrogen and oxygen atoms in total. The summed E-state index contributed by atoms with van der Waals surface area (Å²) in [7, 11) is 1.56. The number of anilines is 1. The molecule has 1 saturated heterocycles. The van der Waals surface area contributed by atoms with Crippen molar-refractivity contribution < 1.29 is 18.8 Å². The molecule has 0 bridgehead atoms. The molecule has 2 aromatic rings. The molecule has 0 radical (unpaired) electrons. The van der Waals surface area contributed by atoms with Gasteiger partial charge in [0, 0.05) is 31.0 Å². The molecule has 0 unspecified atom stereocenters. The molecule has 0 saturated carbocycles. The molecule has 1 fully saturated rings. The molecular formula is C17H17FN4O3S. The maximum absolute atomic E-state index is 13.0. The second kappa shape index (κ2) is 7.61. The predicted molar refractivity (Wildman–Crippen MR) is 95.1 cm³/mol. The minimum absolute atomic E-state index is 0.0797. The Morgan fingerprint density at radius 2 is 2.04 bits per heavy atom. The highest BCUT2D eigenvalue weighted by Crippen LogP contribution is 2.25. The Morgan fingerprint density at radius 3 is 2.69 bits per heavy atom. The number of hydrogen-bond donors (Lipinski definition) is 1. The van der Waals surface area contributed by atoms with Crippen molar-refractivity contribution in [2.75, 3.05) is 25.5 Å². The number of amides is 4. The number of rotatable bonds is 6. The third-order valence-corrected chi connectivity index (χ3v) is 4.66. The summed E-state index contributed by atoms with van der Waals surface area (Å²) in [5.41, 5.74) is 1.42. The van der Waals surface area contributed by atoms with E-state index in [0.29, 0.717) is 17.2 Å². The number of carbonyl (C=O) groups excluding carboxylic acids is 3. The Bertz CT molecular complexity index is 837. The summed E-state index contributed by atoms with van der Waals surface area (Å²) < 4.78 is 13.0. The number of benzene rings is 1. The fraction of sp³-hybridized carbons (Fsp3) is 0.294. The molecule has 0 atom stereocenters. The van der Waals surface area contributed by atoms with E-state index in [0.717, 1.165) is 10.5 Å². The van der Waals surface area contributed by atoms with E-state index >= 15 is 0 Å². The molecule has 2 heterocycles. The first kappa shape index (κ1) is 18.0. The Labute approximate surface area is 153 Å². The molecule has 1 N–H and O–H groups in total. The fourth-order valence-corrected chi connectivity index (χ4v) is 3.29. The lowest BCUT2D eigenvalue weighted by Gasteiger charge is -2.13. The van der Waals surface area contributed by atoms with Crippen LogP contribution in [0.25, 0.3) is 11.3 Å². The van der Waals surface area contributed by atoms with Gasteiger partial charge in [0.05, 0.1) is 5.69 Å². The first-order valence-electron chi connectivity index (χ1n) is 8.01. The van der Waals surface area contributed by atoms with Gasteiger partial charge in [-0.25, -0.2) is 14.2 Å². The van der Waals surface area contributed by atoms with E-state index in [4.69, 9.17) is 0 Å². The molecular weight excluding hydrogens is 359 g/mol. The van der Waals surface area contributed by atoms with Gasteiger partial charge in [-0.15, -0.1) is 11.3 Å². The highest BCUT2D eigenvalue weighted by Gasteiger charge is 2.32. The van der Waals surface area contributed by atoms with Crippen LogP contribution in [0.15, 0.2) is 29.6 Å². The van der Waals surface area contributed by atoms with Crippen LogP contribution in [0.1, 0.15) is 12.8 Å². The highest BCUT2D eigenvalue weighted by molar-refractivity contribution is 7.14. The van der Waals surface area contributed by atoms with Gasteiger partial charge in [-0.05, 0) is 30.7 Å². The standard InChI is InChI=1S/C17H17FN4O3S/c1-21-9-15(24)22(17(21)25)8-2-3-14(23)20-16-19-13(10-26-16)11-4-6-12(18)7-5-11/h4-7,10H,2-3,8-9H2,1H3,(H,19,20,23). The summed E-state index contributed by atoms with van der Waals surface area (Å²) in [4.78, 5) is 42.2. The monoisotopic (exact) mass is 376 g/mol. The maximum Gasteiger partial charge on any atom is 0.326 e. The third-order valence-electron chi connectivity index (χ3n) is 3.91. The van der Waals surface area contributed by atoms with Crippen LogP contribution in [0.2, 0.25) is 0 Å². The van der Waals surface area contributed by atoms with Crippen LogP contribution in [-0.2, 0) is 9.59 Å². The van der Waals surface area contributed by atoms with Crippen LogP contribution in [0.3, 0.4) is 0 Å². The smallest absolute Gasteiger partial charge is 0.318 e. The second-order valence-corrected chi connectivity index (χ2v) is 6.74. The van der Waals surface area contributed by atoms with E-state index < -0.39 is 0 Å². The molecule has 3 rings (SSSR count). The normalized spacial score (nSPS) is 14.2. The van der Waals surface area contributed by atoms with Crippen LogP contribution in [0.5, 0.6) is 0 Å². The van der Waals surface area contributed by atoms with Crippen molar-refractivity contribution in [2.45, 2.75) is 12.8 Å². The van der Waals surface area contributed by atoms with Gasteiger partial charge in [0.15, 0.2) is 5.13 Å². The topological polar surface area (TPSA) is 82.6 Å². The molecule has 0 aliphatic carbocycles. The number of imide groups is 1. The lowest BCUT2D eigenvalue weighted by Crippen LogP contribution is -2.32. The Hall–Kier alpha value is -2.81. The number of halogens is 1. The van der Waals surface area contributed by atoms with Gasteiger partial charge in [0.2, 0.25) is 11.8 Å². The number of aromatic nitrogens is 1. The van der Waals surface area contributed by atoms with Crippen molar-refractivity contribution in [3.8, 4) is 11.3 Å². The first-order chi connectivity index (χ1) is 12.4. The zero-order chi connectivity index (χ0) is 18.7. The van der Waals surface area contributed by atoms with Crippen molar-refractivity contribution in [3.63, 3.8) is 0 Å². The molecule has 9 heteroatoms. The van der Waals surface area contributed by atoms with Crippen molar-refractivity contribution in [2.24, 2.45) is 0 Å². The second-order valence-electron chi connectivity index (χ2n) is 5.88. The Morgan fingerprint density at radius 1 is 1.31 bits per heavy atom. The number of nitrogens with zero attached hydrogens (tertiary/aromatic N) is 3. The number of likely N-dealkylation sites (N-methyl/N-ethyl adjacent to an activating group) is 1. The van der Waals surface area contributed by atoms with Crippen molar-refractivity contribution >= 4 is 34.3 Å². The fourth-order valence-electron chi connectivity index (χ4n) is 2.55. The quantitative estimate of drug-likeness (QED) is 0.786. The van der Waals surface area contributed by atoms with Gasteiger partial charge in [0.1, 0.15) is 12.4 Å². The van der Waals surface area contributed by atoms with Crippen molar-refractivity contribution in [3.05, 3.63) is 35.5 Å². The van der Waals surface area contributed by atoms with E-state index in [9.17, 15) is 18.8 Å². The van der Waals surface area contributed by atoms with E-state index in [1.807, 2.05) is 0 Å². The number of thiazole rings is 1. The maximum atomic E-state index is 13.0. The van der Waals surface area contributed by atoms with Crippen LogP contribution in [0, 0.1) is 5.82 Å². The summed E-state index contributed by atoms with van der Waals surface area (Å²) in [5, 5.41) is 4.92. The van der Waals surface area contributed by atoms with Crippen LogP contribution < -0.4 is 5.32 Å². The minimum Gasteiger partial charge on any atom is -0.318 e. The summed E-state index contributed by atoms with van der Waals surface area (Å²) in [6.45, 7) is 0.296. The lowest BCUT2D eigenvalue weighted by atomic mass is 10.2. The van der Waals surface area contributed by atoms with E-state index in [1.54, 1.807) is 24.6 Å². The molecule has 1 aliphatic heterocycles. The molecule has 26 heavy (non-hydrogen) atoms. The summed E-state index contributed by atoms with van der Waals surface area (Å²) in [5.74, 6) is -0.808. The molecule has 4 amide bonds. The number of nitrogens with one attached hydrogen (secondary N) is 1. The van der Waals surface area contributed by atoms with Gasteiger partial charge >= 0.3 is 6.03 Å². The summed E-state index contributed by atoms with van der Waals surface area (Å²) in [6, 6.07) is 5.62. The largest absolute Gasteiger partial charge is 0.326 e. The van der Waals surface area contributed by atoms with Crippen LogP contribution in [0.4, 0.5) is 14.3 Å². The van der Waals surface area contributed by atoms with Crippen LogP contribution >= 0.6 is 11.3 Å². The zero-order valence-electron chi connectivity index (χ0n) is 14.1. The van der Waals surface area contributed by atoms with Crippen LogP contribution in [-0.4, -0.2) is 52.8 Å². The first-order valence-corrected chi connectivity index (χ1v) is 8.89. The van der Waals surface area contributed by atoms with Gasteiger partial charge < -0.3 is 10.2 Å². The molecule has 1 aromatic heterocycles. The predicted octanol–water partition coefficient (Wildman–Crippen LogP) is 2.56. The molecule has 136 valence electrons. The Balaban J connectivity index is 1.49. The number of carbonyl (C=O) groups is 3. The minimum atomic E-state index is -0.334. The van der Waals surface area contributed by atoms with E-state index in [2.05, 4.69) is 10.3 Å². The average molecular weight is 376 g/mol. The molecule has 1 aromatic carbocycles. The highest BCUT2D eigenvalue weighted by atomic mass is 32.1. The summed E-state index contributed by atoms with van der Waals surface area (Å²) in [6.07, 6.45) is 0.555. The average Bonchev–Trinajstić information content (AvgIpc) is 3.15. The van der Waals surface area contributed by atoms with Gasteiger partial charge in [-0.3, -0.25) is 14.5 Å². The Kier molecular flexibility index (Phi) is 5.27. The van der Waals surface area contributed by atoms with E-state index in [-0.39, 0.29) is 43.2 Å². The van der Waals surface area contributed by atoms with Gasteiger partial charge in [-0.2, -0.15) is 0 Å². The SMILES string of the molecule is CN1CC(=O)N(CCCC(=O)Nc2nc(-c3ccc(F)cc3)cs2)C1=O. The lowest BCUT2D eigenvalue weighted by molar-refractivity contribution is -0.125. The number of hydrogen-bond acceptors (Lipinski definition) is 5. The van der Waals surface area contributed by atoms with Crippen molar-refractivity contribution in [1.82, 2.24) is 14.8 Å². The van der Waals surface area contributed by atoms with Gasteiger partial charge in [-0.1, -0.05) is 0 Å².